The van der Waals surface area contributed by atoms with Crippen molar-refractivity contribution in [2.24, 2.45) is 4.99 Å². The first kappa shape index (κ1) is 27.4. The molecule has 0 spiro atoms. The molecule has 3 heterocycles. The lowest BCUT2D eigenvalue weighted by molar-refractivity contribution is 0.408. The van der Waals surface area contributed by atoms with Crippen LogP contribution in [0.15, 0.2) is 175 Å². The SMILES string of the molecule is C1=CC(C2=NC(c3ccccc3)NC(c3ccc(-c4ccccc4)cc3)N2)=CC(n2c3ccccc3c3c4ccccc4ccc32)N1. The predicted molar refractivity (Wildman–Crippen MR) is 194 cm³/mol. The van der Waals surface area contributed by atoms with Gasteiger partial charge in [0.15, 0.2) is 0 Å². The van der Waals surface area contributed by atoms with Crippen molar-refractivity contribution >= 4 is 38.4 Å². The van der Waals surface area contributed by atoms with Crippen molar-refractivity contribution in [3.63, 3.8) is 0 Å². The van der Waals surface area contributed by atoms with E-state index in [1.54, 1.807) is 0 Å². The number of fused-ring (bicyclic) bond motifs is 5. The highest BCUT2D eigenvalue weighted by molar-refractivity contribution is 6.20. The molecule has 7 aromatic rings. The Kier molecular flexibility index (Phi) is 6.69. The predicted octanol–water partition coefficient (Wildman–Crippen LogP) is 9.15. The minimum atomic E-state index is -0.200. The lowest BCUT2D eigenvalue weighted by atomic mass is 10.0. The molecule has 5 nitrogen and oxygen atoms in total. The molecule has 0 aliphatic carbocycles. The van der Waals surface area contributed by atoms with Crippen molar-refractivity contribution in [3.8, 4) is 11.1 Å². The summed E-state index contributed by atoms with van der Waals surface area (Å²) in [5.41, 5.74) is 8.14. The van der Waals surface area contributed by atoms with E-state index in [0.717, 1.165) is 22.5 Å². The summed E-state index contributed by atoms with van der Waals surface area (Å²) in [5.74, 6) is 0.865. The molecular weight excluding hydrogens is 574 g/mol. The third-order valence-corrected chi connectivity index (χ3v) is 9.35. The van der Waals surface area contributed by atoms with Crippen LogP contribution in [-0.2, 0) is 0 Å². The van der Waals surface area contributed by atoms with Gasteiger partial charge in [-0.2, -0.15) is 0 Å². The number of benzene rings is 6. The zero-order valence-electron chi connectivity index (χ0n) is 25.7. The summed E-state index contributed by atoms with van der Waals surface area (Å²) in [6, 6.07) is 51.6. The highest BCUT2D eigenvalue weighted by Gasteiger charge is 2.27. The van der Waals surface area contributed by atoms with E-state index >= 15 is 0 Å². The van der Waals surface area contributed by atoms with Crippen LogP contribution in [0, 0.1) is 0 Å². The van der Waals surface area contributed by atoms with Gasteiger partial charge in [0.05, 0.1) is 11.0 Å². The Balaban J connectivity index is 1.12. The molecule has 0 amide bonds. The summed E-state index contributed by atoms with van der Waals surface area (Å²) < 4.78 is 2.41. The molecule has 226 valence electrons. The Hall–Kier alpha value is -5.91. The first-order chi connectivity index (χ1) is 23.3. The summed E-state index contributed by atoms with van der Waals surface area (Å²) in [6.07, 6.45) is 6.03. The summed E-state index contributed by atoms with van der Waals surface area (Å²) >= 11 is 0. The zero-order chi connectivity index (χ0) is 31.2. The molecule has 0 saturated carbocycles. The molecule has 3 atom stereocenters. The van der Waals surface area contributed by atoms with E-state index in [0.29, 0.717) is 0 Å². The van der Waals surface area contributed by atoms with Gasteiger partial charge in [-0.3, -0.25) is 5.32 Å². The molecule has 9 rings (SSSR count). The number of aliphatic imine (C=N–C) groups is 1. The molecule has 0 fully saturated rings. The lowest BCUT2D eigenvalue weighted by Crippen LogP contribution is -2.45. The van der Waals surface area contributed by atoms with Crippen LogP contribution in [0.5, 0.6) is 0 Å². The van der Waals surface area contributed by atoms with Crippen LogP contribution >= 0.6 is 0 Å². The highest BCUT2D eigenvalue weighted by atomic mass is 15.3. The summed E-state index contributed by atoms with van der Waals surface area (Å²) in [6.45, 7) is 0. The van der Waals surface area contributed by atoms with Crippen LogP contribution in [0.2, 0.25) is 0 Å². The maximum absolute atomic E-state index is 5.24. The number of hydrogen-bond acceptors (Lipinski definition) is 4. The number of rotatable bonds is 5. The lowest BCUT2D eigenvalue weighted by Gasteiger charge is -2.33. The van der Waals surface area contributed by atoms with Crippen molar-refractivity contribution < 1.29 is 0 Å². The van der Waals surface area contributed by atoms with Crippen LogP contribution in [0.3, 0.4) is 0 Å². The van der Waals surface area contributed by atoms with E-state index in [4.69, 9.17) is 4.99 Å². The molecule has 5 heteroatoms. The first-order valence-corrected chi connectivity index (χ1v) is 16.2. The minimum Gasteiger partial charge on any atom is -0.368 e. The molecule has 2 aliphatic heterocycles. The number of aromatic nitrogens is 1. The summed E-state index contributed by atoms with van der Waals surface area (Å²) in [4.78, 5) is 5.24. The topological polar surface area (TPSA) is 53.4 Å². The van der Waals surface area contributed by atoms with Crippen molar-refractivity contribution in [3.05, 3.63) is 181 Å². The Morgan fingerprint density at radius 3 is 2.11 bits per heavy atom. The van der Waals surface area contributed by atoms with Gasteiger partial charge < -0.3 is 15.2 Å². The van der Waals surface area contributed by atoms with E-state index in [2.05, 4.69) is 178 Å². The number of nitrogens with zero attached hydrogens (tertiary/aromatic N) is 2. The number of hydrogen-bond donors (Lipinski definition) is 3. The number of amidine groups is 1. The second-order valence-electron chi connectivity index (χ2n) is 12.2. The minimum absolute atomic E-state index is 0.100. The Morgan fingerprint density at radius 2 is 1.28 bits per heavy atom. The van der Waals surface area contributed by atoms with Gasteiger partial charge >= 0.3 is 0 Å². The number of nitrogens with one attached hydrogen (secondary N) is 3. The number of dihydropyridines is 1. The number of para-hydroxylation sites is 1. The normalized spacial score (nSPS) is 19.3. The molecular formula is C42H33N5. The second kappa shape index (κ2) is 11.5. The van der Waals surface area contributed by atoms with Crippen LogP contribution in [0.4, 0.5) is 0 Å². The van der Waals surface area contributed by atoms with Gasteiger partial charge in [-0.15, -0.1) is 0 Å². The molecule has 0 saturated heterocycles. The van der Waals surface area contributed by atoms with Crippen molar-refractivity contribution in [1.29, 1.82) is 0 Å². The van der Waals surface area contributed by atoms with E-state index in [9.17, 15) is 0 Å². The van der Waals surface area contributed by atoms with Crippen LogP contribution < -0.4 is 16.0 Å². The fourth-order valence-electron chi connectivity index (χ4n) is 7.07. The van der Waals surface area contributed by atoms with Crippen molar-refractivity contribution in [1.82, 2.24) is 20.5 Å². The fourth-order valence-corrected chi connectivity index (χ4v) is 7.07. The molecule has 2 aliphatic rings. The molecule has 47 heavy (non-hydrogen) atoms. The quantitative estimate of drug-likeness (QED) is 0.183. The van der Waals surface area contributed by atoms with Gasteiger partial charge in [0.1, 0.15) is 24.3 Å². The van der Waals surface area contributed by atoms with E-state index in [1.165, 1.54) is 43.7 Å². The Morgan fingerprint density at radius 1 is 0.574 bits per heavy atom. The average Bonchev–Trinajstić information content (AvgIpc) is 3.50. The van der Waals surface area contributed by atoms with Crippen molar-refractivity contribution in [2.75, 3.05) is 0 Å². The van der Waals surface area contributed by atoms with Gasteiger partial charge in [0, 0.05) is 16.3 Å². The van der Waals surface area contributed by atoms with Gasteiger partial charge in [0.25, 0.3) is 0 Å². The third-order valence-electron chi connectivity index (χ3n) is 9.35. The molecule has 1 aromatic heterocycles. The monoisotopic (exact) mass is 607 g/mol. The molecule has 0 bridgehead atoms. The van der Waals surface area contributed by atoms with Crippen LogP contribution in [0.25, 0.3) is 43.7 Å². The third kappa shape index (κ3) is 4.89. The van der Waals surface area contributed by atoms with Gasteiger partial charge in [-0.25, -0.2) is 4.99 Å². The van der Waals surface area contributed by atoms with E-state index in [-0.39, 0.29) is 18.5 Å². The second-order valence-corrected chi connectivity index (χ2v) is 12.2. The molecule has 3 N–H and O–H groups in total. The first-order valence-electron chi connectivity index (χ1n) is 16.2. The molecule has 3 unspecified atom stereocenters. The average molecular weight is 608 g/mol. The molecule has 0 radical (unpaired) electrons. The Labute approximate surface area is 273 Å². The fraction of sp³-hybridized carbons (Fsp3) is 0.0714. The summed E-state index contributed by atoms with van der Waals surface area (Å²) in [5, 5.41) is 16.2. The molecule has 6 aromatic carbocycles. The van der Waals surface area contributed by atoms with Gasteiger partial charge in [-0.1, -0.05) is 133 Å². The van der Waals surface area contributed by atoms with E-state index < -0.39 is 0 Å². The van der Waals surface area contributed by atoms with E-state index in [1.807, 2.05) is 6.07 Å². The Bertz CT molecular complexity index is 2330. The largest absolute Gasteiger partial charge is 0.368 e. The van der Waals surface area contributed by atoms with Crippen LogP contribution in [0.1, 0.15) is 29.6 Å². The maximum Gasteiger partial charge on any atom is 0.131 e. The van der Waals surface area contributed by atoms with Gasteiger partial charge in [-0.05, 0) is 63.5 Å². The van der Waals surface area contributed by atoms with Crippen molar-refractivity contribution in [2.45, 2.75) is 18.5 Å². The van der Waals surface area contributed by atoms with Gasteiger partial charge in [0.2, 0.25) is 0 Å². The zero-order valence-corrected chi connectivity index (χ0v) is 25.7. The summed E-state index contributed by atoms with van der Waals surface area (Å²) in [7, 11) is 0. The smallest absolute Gasteiger partial charge is 0.131 e. The highest BCUT2D eigenvalue weighted by Crippen LogP contribution is 2.37. The standard InChI is InChI=1S/C42H33N5/c1-3-11-28(12-4-1)29-19-21-32(22-20-29)41-44-40(31-14-5-2-6-15-31)45-42(46-41)33-25-26-43-38(27-33)47-36-18-10-9-17-35(36)39-34-16-8-7-13-30(34)23-24-37(39)47/h1-27,38,40-41,43-44H,(H,45,46). The van der Waals surface area contributed by atoms with Crippen LogP contribution in [-0.4, -0.2) is 10.4 Å². The maximum atomic E-state index is 5.24.